The molecule has 0 aliphatic rings. The first-order chi connectivity index (χ1) is 12.9. The second kappa shape index (κ2) is 7.41. The average molecular weight is 369 g/mol. The van der Waals surface area contributed by atoms with E-state index < -0.39 is 11.9 Å². The van der Waals surface area contributed by atoms with Crippen LogP contribution in [0.1, 0.15) is 29.8 Å². The van der Waals surface area contributed by atoms with Crippen LogP contribution in [0.4, 0.5) is 19.0 Å². The zero-order valence-corrected chi connectivity index (χ0v) is 14.2. The van der Waals surface area contributed by atoms with Crippen molar-refractivity contribution in [1.29, 1.82) is 5.26 Å². The molecule has 1 atom stereocenters. The van der Waals surface area contributed by atoms with E-state index in [4.69, 9.17) is 5.26 Å². The van der Waals surface area contributed by atoms with E-state index in [0.717, 1.165) is 11.6 Å². The van der Waals surface area contributed by atoms with E-state index in [-0.39, 0.29) is 23.4 Å². The molecule has 1 unspecified atom stereocenters. The van der Waals surface area contributed by atoms with Gasteiger partial charge in [-0.25, -0.2) is 9.97 Å². The molecular formula is C19H14F3N5. The Morgan fingerprint density at radius 3 is 2.56 bits per heavy atom. The van der Waals surface area contributed by atoms with Crippen LogP contribution in [0.5, 0.6) is 0 Å². The van der Waals surface area contributed by atoms with E-state index in [1.165, 1.54) is 6.20 Å². The average Bonchev–Trinajstić information content (AvgIpc) is 2.67. The van der Waals surface area contributed by atoms with Gasteiger partial charge in [-0.2, -0.15) is 18.4 Å². The van der Waals surface area contributed by atoms with Crippen molar-refractivity contribution < 1.29 is 13.2 Å². The number of pyridine rings is 1. The maximum Gasteiger partial charge on any atom is 0.433 e. The van der Waals surface area contributed by atoms with Crippen molar-refractivity contribution in [3.63, 3.8) is 0 Å². The minimum absolute atomic E-state index is 0.0211. The van der Waals surface area contributed by atoms with Gasteiger partial charge in [0.2, 0.25) is 0 Å². The number of nitriles is 1. The van der Waals surface area contributed by atoms with Crippen molar-refractivity contribution >= 4 is 5.82 Å². The van der Waals surface area contributed by atoms with E-state index in [9.17, 15) is 13.2 Å². The summed E-state index contributed by atoms with van der Waals surface area (Å²) in [6.07, 6.45) is -3.16. The highest BCUT2D eigenvalue weighted by Crippen LogP contribution is 2.31. The van der Waals surface area contributed by atoms with Crippen LogP contribution < -0.4 is 5.32 Å². The largest absolute Gasteiger partial charge is 0.433 e. The van der Waals surface area contributed by atoms with Crippen LogP contribution in [0.25, 0.3) is 11.5 Å². The number of hydrogen-bond acceptors (Lipinski definition) is 5. The van der Waals surface area contributed by atoms with Crippen LogP contribution in [-0.2, 0) is 6.18 Å². The van der Waals surface area contributed by atoms with Crippen LogP contribution >= 0.6 is 0 Å². The molecule has 5 nitrogen and oxygen atoms in total. The lowest BCUT2D eigenvalue weighted by molar-refractivity contribution is -0.141. The summed E-state index contributed by atoms with van der Waals surface area (Å²) >= 11 is 0. The third-order valence-electron chi connectivity index (χ3n) is 3.79. The summed E-state index contributed by atoms with van der Waals surface area (Å²) < 4.78 is 39.7. The quantitative estimate of drug-likeness (QED) is 0.727. The lowest BCUT2D eigenvalue weighted by Gasteiger charge is -2.17. The van der Waals surface area contributed by atoms with Crippen molar-refractivity contribution in [2.75, 3.05) is 5.32 Å². The van der Waals surface area contributed by atoms with E-state index in [0.29, 0.717) is 5.56 Å². The molecule has 0 spiro atoms. The van der Waals surface area contributed by atoms with Crippen LogP contribution in [0.15, 0.2) is 54.7 Å². The Labute approximate surface area is 153 Å². The molecule has 136 valence electrons. The molecule has 27 heavy (non-hydrogen) atoms. The van der Waals surface area contributed by atoms with Gasteiger partial charge in [0.15, 0.2) is 11.5 Å². The fraction of sp³-hybridized carbons (Fsp3) is 0.158. The number of rotatable bonds is 4. The zero-order valence-electron chi connectivity index (χ0n) is 14.2. The molecule has 3 rings (SSSR count). The fourth-order valence-electron chi connectivity index (χ4n) is 2.46. The van der Waals surface area contributed by atoms with Crippen LogP contribution in [0.3, 0.4) is 0 Å². The number of anilines is 1. The van der Waals surface area contributed by atoms with E-state index in [1.54, 1.807) is 49.4 Å². The smallest absolute Gasteiger partial charge is 0.363 e. The van der Waals surface area contributed by atoms with Gasteiger partial charge in [-0.1, -0.05) is 18.2 Å². The predicted octanol–water partition coefficient (Wildman–Crippen LogP) is 4.60. The summed E-state index contributed by atoms with van der Waals surface area (Å²) in [4.78, 5) is 11.8. The third kappa shape index (κ3) is 4.39. The first kappa shape index (κ1) is 18.3. The topological polar surface area (TPSA) is 74.5 Å². The van der Waals surface area contributed by atoms with Crippen molar-refractivity contribution in [1.82, 2.24) is 15.0 Å². The molecule has 0 saturated carbocycles. The summed E-state index contributed by atoms with van der Waals surface area (Å²) in [6, 6.07) is 14.2. The fourth-order valence-corrected chi connectivity index (χ4v) is 2.46. The van der Waals surface area contributed by atoms with Crippen molar-refractivity contribution in [3.05, 3.63) is 71.5 Å². The van der Waals surface area contributed by atoms with Crippen molar-refractivity contribution in [2.45, 2.75) is 19.1 Å². The zero-order chi connectivity index (χ0) is 19.4. The monoisotopic (exact) mass is 369 g/mol. The molecule has 0 radical (unpaired) electrons. The molecule has 0 bridgehead atoms. The van der Waals surface area contributed by atoms with E-state index >= 15 is 0 Å². The molecule has 2 heterocycles. The number of alkyl halides is 3. The molecule has 0 aliphatic heterocycles. The Kier molecular flexibility index (Phi) is 5.03. The minimum Gasteiger partial charge on any atom is -0.363 e. The molecule has 0 amide bonds. The minimum atomic E-state index is -4.62. The second-order valence-electron chi connectivity index (χ2n) is 5.78. The molecule has 0 aliphatic carbocycles. The standard InChI is InChI=1S/C19H14F3N5/c1-12(14-6-4-5-13(9-14)11-23)25-17-10-16(19(20,21)22)26-18(27-17)15-7-2-3-8-24-15/h2-10,12H,1H3,(H,25,26,27). The lowest BCUT2D eigenvalue weighted by atomic mass is 10.1. The Bertz CT molecular complexity index is 981. The molecule has 1 aromatic carbocycles. The van der Waals surface area contributed by atoms with Gasteiger partial charge in [0.25, 0.3) is 0 Å². The van der Waals surface area contributed by atoms with Gasteiger partial charge in [-0.05, 0) is 36.8 Å². The first-order valence-corrected chi connectivity index (χ1v) is 8.01. The lowest BCUT2D eigenvalue weighted by Crippen LogP contribution is -2.14. The Morgan fingerprint density at radius 1 is 1.07 bits per heavy atom. The number of nitrogens with zero attached hydrogens (tertiary/aromatic N) is 4. The van der Waals surface area contributed by atoms with Crippen LogP contribution in [-0.4, -0.2) is 15.0 Å². The number of aromatic nitrogens is 3. The summed E-state index contributed by atoms with van der Waals surface area (Å²) in [5, 5.41) is 11.9. The van der Waals surface area contributed by atoms with Gasteiger partial charge in [0, 0.05) is 18.3 Å². The molecule has 0 saturated heterocycles. The highest BCUT2D eigenvalue weighted by Gasteiger charge is 2.34. The van der Waals surface area contributed by atoms with E-state index in [1.807, 2.05) is 6.07 Å². The Balaban J connectivity index is 1.98. The summed E-state index contributed by atoms with van der Waals surface area (Å²) in [5.74, 6) is -0.0984. The molecular weight excluding hydrogens is 355 g/mol. The second-order valence-corrected chi connectivity index (χ2v) is 5.78. The molecule has 2 aromatic heterocycles. The first-order valence-electron chi connectivity index (χ1n) is 8.01. The summed E-state index contributed by atoms with van der Waals surface area (Å²) in [6.45, 7) is 1.77. The highest BCUT2D eigenvalue weighted by molar-refractivity contribution is 5.54. The third-order valence-corrected chi connectivity index (χ3v) is 3.79. The van der Waals surface area contributed by atoms with Crippen LogP contribution in [0.2, 0.25) is 0 Å². The summed E-state index contributed by atoms with van der Waals surface area (Å²) in [7, 11) is 0. The van der Waals surface area contributed by atoms with Crippen molar-refractivity contribution in [3.8, 4) is 17.6 Å². The van der Waals surface area contributed by atoms with Crippen LogP contribution in [0, 0.1) is 11.3 Å². The van der Waals surface area contributed by atoms with Gasteiger partial charge in [0.05, 0.1) is 11.6 Å². The number of nitrogens with one attached hydrogen (secondary N) is 1. The molecule has 8 heteroatoms. The van der Waals surface area contributed by atoms with Gasteiger partial charge >= 0.3 is 6.18 Å². The normalized spacial score (nSPS) is 12.3. The number of halogens is 3. The maximum absolute atomic E-state index is 13.2. The number of hydrogen-bond donors (Lipinski definition) is 1. The molecule has 1 N–H and O–H groups in total. The Hall–Kier alpha value is -3.47. The van der Waals surface area contributed by atoms with Crippen molar-refractivity contribution in [2.24, 2.45) is 0 Å². The number of benzene rings is 1. The van der Waals surface area contributed by atoms with Gasteiger partial charge < -0.3 is 5.32 Å². The van der Waals surface area contributed by atoms with Gasteiger partial charge in [-0.3, -0.25) is 4.98 Å². The highest BCUT2D eigenvalue weighted by atomic mass is 19.4. The maximum atomic E-state index is 13.2. The summed E-state index contributed by atoms with van der Waals surface area (Å²) in [5.41, 5.74) is 0.402. The predicted molar refractivity (Wildman–Crippen MR) is 93.5 cm³/mol. The molecule has 0 fully saturated rings. The Morgan fingerprint density at radius 2 is 1.89 bits per heavy atom. The SMILES string of the molecule is CC(Nc1cc(C(F)(F)F)nc(-c2ccccn2)n1)c1cccc(C#N)c1. The van der Waals surface area contributed by atoms with E-state index in [2.05, 4.69) is 20.3 Å². The van der Waals surface area contributed by atoms with Gasteiger partial charge in [0.1, 0.15) is 11.5 Å². The molecule has 3 aromatic rings. The van der Waals surface area contributed by atoms with Gasteiger partial charge in [-0.15, -0.1) is 0 Å².